The van der Waals surface area contributed by atoms with Crippen LogP contribution in [0.5, 0.6) is 11.5 Å². The van der Waals surface area contributed by atoms with Gasteiger partial charge in [0.15, 0.2) is 16.3 Å². The maximum atomic E-state index is 13.8. The van der Waals surface area contributed by atoms with E-state index >= 15 is 0 Å². The van der Waals surface area contributed by atoms with Crippen molar-refractivity contribution in [3.8, 4) is 22.8 Å². The van der Waals surface area contributed by atoms with Gasteiger partial charge in [-0.1, -0.05) is 29.0 Å². The van der Waals surface area contributed by atoms with E-state index in [1.54, 1.807) is 50.3 Å². The number of halogens is 1. The molecule has 4 heterocycles. The number of ether oxygens (including phenoxy) is 3. The second kappa shape index (κ2) is 9.66. The number of carbonyl (C=O) groups is 1. The second-order valence-electron chi connectivity index (χ2n) is 8.62. The minimum atomic E-state index is -0.747. The van der Waals surface area contributed by atoms with E-state index in [0.717, 1.165) is 5.56 Å². The number of hydrogen-bond donors (Lipinski definition) is 0. The molecule has 0 amide bonds. The first-order chi connectivity index (χ1) is 18.4. The van der Waals surface area contributed by atoms with E-state index in [9.17, 15) is 9.59 Å². The molecule has 0 unspecified atom stereocenters. The first-order valence-corrected chi connectivity index (χ1v) is 13.1. The summed E-state index contributed by atoms with van der Waals surface area (Å²) in [4.78, 5) is 31.9. The van der Waals surface area contributed by atoms with Crippen molar-refractivity contribution in [2.45, 2.75) is 19.9 Å². The number of rotatable bonds is 5. The molecule has 0 saturated heterocycles. The first-order valence-electron chi connectivity index (χ1n) is 11.9. The number of allylic oxidation sites excluding steroid dienone is 1. The van der Waals surface area contributed by atoms with Crippen molar-refractivity contribution in [3.05, 3.63) is 102 Å². The van der Waals surface area contributed by atoms with Crippen molar-refractivity contribution < 1.29 is 23.4 Å². The van der Waals surface area contributed by atoms with Crippen LogP contribution in [0.1, 0.15) is 31.2 Å². The molecule has 0 saturated carbocycles. The van der Waals surface area contributed by atoms with Gasteiger partial charge in [0.25, 0.3) is 5.56 Å². The molecular weight excluding hydrogens is 528 g/mol. The maximum absolute atomic E-state index is 13.8. The average molecular weight is 549 g/mol. The van der Waals surface area contributed by atoms with E-state index in [2.05, 4.69) is 4.99 Å². The SMILES string of the molecule is CCOC(=O)C1=C(C)N=c2s/c(=C\c3ccc(-c4ccc(Cl)cc4)o3)c(=O)n2[C@H]1c1ccc2c(c1)OCO2. The van der Waals surface area contributed by atoms with Crippen LogP contribution in [-0.4, -0.2) is 23.9 Å². The highest BCUT2D eigenvalue weighted by Gasteiger charge is 2.34. The molecule has 2 aromatic heterocycles. The molecule has 0 bridgehead atoms. The molecule has 1 atom stereocenters. The highest BCUT2D eigenvalue weighted by atomic mass is 35.5. The smallest absolute Gasteiger partial charge is 0.338 e. The highest BCUT2D eigenvalue weighted by Crippen LogP contribution is 2.38. The van der Waals surface area contributed by atoms with Crippen LogP contribution in [0.15, 0.2) is 80.1 Å². The van der Waals surface area contributed by atoms with Crippen molar-refractivity contribution in [1.82, 2.24) is 4.57 Å². The number of benzene rings is 2. The van der Waals surface area contributed by atoms with Crippen LogP contribution in [0.3, 0.4) is 0 Å². The third kappa shape index (κ3) is 4.23. The lowest BCUT2D eigenvalue weighted by Crippen LogP contribution is -2.39. The van der Waals surface area contributed by atoms with Gasteiger partial charge < -0.3 is 18.6 Å². The standard InChI is InChI=1S/C28H21ClN2O6S/c1-3-34-27(33)24-15(2)30-28-31(25(24)17-6-10-21-22(12-17)36-14-35-21)26(32)23(38-28)13-19-9-11-20(37-19)16-4-7-18(29)8-5-16/h4-13,25H,3,14H2,1-2H3/b23-13-/t25-/m0/s1. The molecule has 0 N–H and O–H groups in total. The largest absolute Gasteiger partial charge is 0.463 e. The molecule has 4 aromatic rings. The summed E-state index contributed by atoms with van der Waals surface area (Å²) in [6, 6.07) is 15.6. The number of nitrogens with zero attached hydrogens (tertiary/aromatic N) is 2. The predicted molar refractivity (Wildman–Crippen MR) is 142 cm³/mol. The van der Waals surface area contributed by atoms with E-state index in [-0.39, 0.29) is 19.0 Å². The minimum absolute atomic E-state index is 0.113. The zero-order chi connectivity index (χ0) is 26.4. The molecule has 2 aliphatic heterocycles. The second-order valence-corrected chi connectivity index (χ2v) is 10.1. The summed E-state index contributed by atoms with van der Waals surface area (Å²) in [5.74, 6) is 1.80. The number of thiazole rings is 1. The molecule has 6 rings (SSSR count). The summed E-state index contributed by atoms with van der Waals surface area (Å²) >= 11 is 7.22. The summed E-state index contributed by atoms with van der Waals surface area (Å²) in [5, 5.41) is 0.635. The normalized spacial score (nSPS) is 16.4. The Hall–Kier alpha value is -4.08. The van der Waals surface area contributed by atoms with Gasteiger partial charge in [-0.3, -0.25) is 9.36 Å². The van der Waals surface area contributed by atoms with Gasteiger partial charge in [-0.25, -0.2) is 9.79 Å². The summed E-state index contributed by atoms with van der Waals surface area (Å²) in [6.45, 7) is 3.79. The van der Waals surface area contributed by atoms with Crippen molar-refractivity contribution in [1.29, 1.82) is 0 Å². The molecule has 0 aliphatic carbocycles. The number of carbonyl (C=O) groups excluding carboxylic acids is 1. The predicted octanol–water partition coefficient (Wildman–Crippen LogP) is 4.44. The van der Waals surface area contributed by atoms with Gasteiger partial charge in [-0.2, -0.15) is 0 Å². The lowest BCUT2D eigenvalue weighted by molar-refractivity contribution is -0.139. The van der Waals surface area contributed by atoms with Crippen LogP contribution in [0.25, 0.3) is 17.4 Å². The number of fused-ring (bicyclic) bond motifs is 2. The molecule has 38 heavy (non-hydrogen) atoms. The van der Waals surface area contributed by atoms with Gasteiger partial charge >= 0.3 is 5.97 Å². The summed E-state index contributed by atoms with van der Waals surface area (Å²) in [6.07, 6.45) is 1.68. The Bertz CT molecular complexity index is 1780. The molecule has 0 fully saturated rings. The zero-order valence-electron chi connectivity index (χ0n) is 20.4. The van der Waals surface area contributed by atoms with E-state index in [4.69, 9.17) is 30.2 Å². The van der Waals surface area contributed by atoms with E-state index < -0.39 is 12.0 Å². The zero-order valence-corrected chi connectivity index (χ0v) is 22.0. The van der Waals surface area contributed by atoms with Crippen molar-refractivity contribution >= 4 is 35.0 Å². The Morgan fingerprint density at radius 1 is 1.16 bits per heavy atom. The maximum Gasteiger partial charge on any atom is 0.338 e. The first kappa shape index (κ1) is 24.3. The van der Waals surface area contributed by atoms with E-state index in [1.807, 2.05) is 24.3 Å². The van der Waals surface area contributed by atoms with Gasteiger partial charge in [-0.15, -0.1) is 0 Å². The number of esters is 1. The molecule has 8 nitrogen and oxygen atoms in total. The molecule has 10 heteroatoms. The van der Waals surface area contributed by atoms with E-state index in [0.29, 0.717) is 54.2 Å². The summed E-state index contributed by atoms with van der Waals surface area (Å²) < 4.78 is 24.3. The third-order valence-corrected chi connectivity index (χ3v) is 7.49. The van der Waals surface area contributed by atoms with Crippen LogP contribution in [-0.2, 0) is 9.53 Å². The van der Waals surface area contributed by atoms with Gasteiger partial charge in [0.05, 0.1) is 28.5 Å². The van der Waals surface area contributed by atoms with E-state index in [1.165, 1.54) is 15.9 Å². The fourth-order valence-corrected chi connectivity index (χ4v) is 5.67. The highest BCUT2D eigenvalue weighted by molar-refractivity contribution is 7.07. The van der Waals surface area contributed by atoms with Crippen LogP contribution in [0, 0.1) is 0 Å². The fourth-order valence-electron chi connectivity index (χ4n) is 4.52. The Labute approximate surface area is 225 Å². The van der Waals surface area contributed by atoms with Gasteiger partial charge in [0.1, 0.15) is 11.5 Å². The summed E-state index contributed by atoms with van der Waals surface area (Å²) in [5.41, 5.74) is 2.04. The molecular formula is C28H21ClN2O6S. The Kier molecular flexibility index (Phi) is 6.17. The van der Waals surface area contributed by atoms with Gasteiger partial charge in [0.2, 0.25) is 6.79 Å². The van der Waals surface area contributed by atoms with Crippen molar-refractivity contribution in [2.75, 3.05) is 13.4 Å². The number of hydrogen-bond acceptors (Lipinski definition) is 8. The van der Waals surface area contributed by atoms with Crippen LogP contribution in [0.2, 0.25) is 5.02 Å². The van der Waals surface area contributed by atoms with Gasteiger partial charge in [-0.05, 0) is 67.9 Å². The molecule has 192 valence electrons. The monoisotopic (exact) mass is 548 g/mol. The lowest BCUT2D eigenvalue weighted by Gasteiger charge is -2.24. The summed E-state index contributed by atoms with van der Waals surface area (Å²) in [7, 11) is 0. The van der Waals surface area contributed by atoms with Gasteiger partial charge in [0, 0.05) is 16.7 Å². The van der Waals surface area contributed by atoms with Crippen LogP contribution < -0.4 is 24.4 Å². The van der Waals surface area contributed by atoms with Crippen LogP contribution >= 0.6 is 22.9 Å². The van der Waals surface area contributed by atoms with Crippen LogP contribution in [0.4, 0.5) is 0 Å². The van der Waals surface area contributed by atoms with Crippen molar-refractivity contribution in [2.24, 2.45) is 4.99 Å². The Morgan fingerprint density at radius 2 is 1.95 bits per heavy atom. The molecule has 2 aliphatic rings. The quantitative estimate of drug-likeness (QED) is 0.342. The molecule has 0 spiro atoms. The van der Waals surface area contributed by atoms with Crippen molar-refractivity contribution in [3.63, 3.8) is 0 Å². The number of aromatic nitrogens is 1. The lowest BCUT2D eigenvalue weighted by atomic mass is 9.95. The molecule has 2 aromatic carbocycles. The average Bonchev–Trinajstić information content (AvgIpc) is 3.63. The number of furan rings is 1. The molecule has 0 radical (unpaired) electrons. The Morgan fingerprint density at radius 3 is 2.74 bits per heavy atom. The Balaban J connectivity index is 1.47. The topological polar surface area (TPSA) is 92.3 Å². The third-order valence-electron chi connectivity index (χ3n) is 6.26. The fraction of sp³-hybridized carbons (Fsp3) is 0.179. The minimum Gasteiger partial charge on any atom is -0.463 e.